The van der Waals surface area contributed by atoms with Crippen molar-refractivity contribution in [3.63, 3.8) is 0 Å². The molecule has 0 unspecified atom stereocenters. The molecule has 1 fully saturated rings. The fourth-order valence-electron chi connectivity index (χ4n) is 1.60. The highest BCUT2D eigenvalue weighted by Crippen LogP contribution is 2.46. The van der Waals surface area contributed by atoms with Gasteiger partial charge < -0.3 is 14.2 Å². The van der Waals surface area contributed by atoms with Crippen molar-refractivity contribution < 1.29 is 19.0 Å². The molecule has 2 aliphatic rings. The second-order valence-corrected chi connectivity index (χ2v) is 2.87. The maximum Gasteiger partial charge on any atom is 0.218 e. The summed E-state index contributed by atoms with van der Waals surface area (Å²) in [6.45, 7) is 0. The molecule has 12 heavy (non-hydrogen) atoms. The van der Waals surface area contributed by atoms with Crippen LogP contribution in [0.3, 0.4) is 0 Å². The van der Waals surface area contributed by atoms with E-state index in [1.54, 1.807) is 6.08 Å². The van der Waals surface area contributed by atoms with Crippen LogP contribution in [0.4, 0.5) is 0 Å². The van der Waals surface area contributed by atoms with Crippen LogP contribution in [0, 0.1) is 0 Å². The zero-order valence-corrected chi connectivity index (χ0v) is 6.94. The number of hydrogen-bond donors (Lipinski definition) is 0. The normalized spacial score (nSPS) is 35.7. The van der Waals surface area contributed by atoms with E-state index >= 15 is 0 Å². The van der Waals surface area contributed by atoms with Gasteiger partial charge in [0.1, 0.15) is 18.5 Å². The minimum atomic E-state index is -0.832. The Kier molecular flexibility index (Phi) is 1.57. The molecular formula is C8H10O4. The molecule has 1 saturated heterocycles. The maximum atomic E-state index is 10.5. The van der Waals surface area contributed by atoms with Crippen LogP contribution >= 0.6 is 0 Å². The molecule has 1 aliphatic carbocycles. The van der Waals surface area contributed by atoms with Gasteiger partial charge in [-0.15, -0.1) is 0 Å². The lowest BCUT2D eigenvalue weighted by Crippen LogP contribution is -2.36. The number of ether oxygens (including phenoxy) is 3. The molecule has 0 aromatic heterocycles. The Balaban J connectivity index is 2.28. The standard InChI is InChI=1S/C8H10O4/c1-10-8(11-2)3-5(4-9)6-7(8)12-6/h3-4,6-7H,1-2H3/t6-,7-/m1/s1. The summed E-state index contributed by atoms with van der Waals surface area (Å²) in [6, 6.07) is 0. The third-order valence-corrected chi connectivity index (χ3v) is 2.36. The van der Waals surface area contributed by atoms with E-state index in [1.807, 2.05) is 0 Å². The first kappa shape index (κ1) is 7.91. The van der Waals surface area contributed by atoms with E-state index < -0.39 is 5.79 Å². The predicted octanol–water partition coefficient (Wildman–Crippen LogP) is -0.118. The van der Waals surface area contributed by atoms with Gasteiger partial charge in [-0.3, -0.25) is 4.79 Å². The Hall–Kier alpha value is -0.710. The lowest BCUT2D eigenvalue weighted by molar-refractivity contribution is -0.181. The van der Waals surface area contributed by atoms with Crippen molar-refractivity contribution in [1.29, 1.82) is 0 Å². The Morgan fingerprint density at radius 2 is 2.25 bits per heavy atom. The molecule has 4 heteroatoms. The third kappa shape index (κ3) is 0.798. The van der Waals surface area contributed by atoms with Gasteiger partial charge in [0.15, 0.2) is 0 Å². The van der Waals surface area contributed by atoms with Gasteiger partial charge in [-0.2, -0.15) is 0 Å². The highest BCUT2D eigenvalue weighted by Gasteiger charge is 2.62. The molecule has 4 nitrogen and oxygen atoms in total. The topological polar surface area (TPSA) is 48.1 Å². The molecule has 0 bridgehead atoms. The molecule has 0 aromatic rings. The van der Waals surface area contributed by atoms with Gasteiger partial charge in [0, 0.05) is 19.8 Å². The zero-order valence-electron chi connectivity index (χ0n) is 6.94. The molecular weight excluding hydrogens is 160 g/mol. The van der Waals surface area contributed by atoms with Crippen molar-refractivity contribution in [2.24, 2.45) is 0 Å². The van der Waals surface area contributed by atoms with E-state index in [-0.39, 0.29) is 12.2 Å². The van der Waals surface area contributed by atoms with E-state index in [9.17, 15) is 4.79 Å². The minimum Gasteiger partial charge on any atom is -0.358 e. The highest BCUT2D eigenvalue weighted by atomic mass is 16.7. The van der Waals surface area contributed by atoms with E-state index in [0.29, 0.717) is 5.57 Å². The summed E-state index contributed by atoms with van der Waals surface area (Å²) in [5.74, 6) is -0.832. The summed E-state index contributed by atoms with van der Waals surface area (Å²) in [4.78, 5) is 10.5. The molecule has 0 saturated carbocycles. The predicted molar refractivity (Wildman–Crippen MR) is 39.6 cm³/mol. The first-order chi connectivity index (χ1) is 5.77. The second kappa shape index (κ2) is 2.39. The fourth-order valence-corrected chi connectivity index (χ4v) is 1.60. The van der Waals surface area contributed by atoms with Crippen LogP contribution in [0.5, 0.6) is 0 Å². The maximum absolute atomic E-state index is 10.5. The zero-order chi connectivity index (χ0) is 8.77. The molecule has 0 radical (unpaired) electrons. The monoisotopic (exact) mass is 170 g/mol. The van der Waals surface area contributed by atoms with E-state index in [1.165, 1.54) is 14.2 Å². The number of hydrogen-bond acceptors (Lipinski definition) is 4. The van der Waals surface area contributed by atoms with Crippen LogP contribution in [0.25, 0.3) is 0 Å². The number of carbonyl (C=O) groups excluding carboxylic acids is 1. The van der Waals surface area contributed by atoms with Gasteiger partial charge >= 0.3 is 0 Å². The fraction of sp³-hybridized carbons (Fsp3) is 0.625. The number of aldehydes is 1. The molecule has 0 aromatic carbocycles. The summed E-state index contributed by atoms with van der Waals surface area (Å²) in [5.41, 5.74) is 0.615. The molecule has 0 amide bonds. The molecule has 1 heterocycles. The average Bonchev–Trinajstić information content (AvgIpc) is 2.85. The lowest BCUT2D eigenvalue weighted by Gasteiger charge is -2.23. The number of fused-ring (bicyclic) bond motifs is 1. The van der Waals surface area contributed by atoms with Crippen LogP contribution in [-0.2, 0) is 19.0 Å². The Morgan fingerprint density at radius 3 is 2.58 bits per heavy atom. The third-order valence-electron chi connectivity index (χ3n) is 2.36. The van der Waals surface area contributed by atoms with Gasteiger partial charge in [0.05, 0.1) is 0 Å². The molecule has 1 aliphatic heterocycles. The first-order valence-corrected chi connectivity index (χ1v) is 3.71. The van der Waals surface area contributed by atoms with Gasteiger partial charge in [-0.05, 0) is 6.08 Å². The van der Waals surface area contributed by atoms with Gasteiger partial charge in [-0.1, -0.05) is 0 Å². The second-order valence-electron chi connectivity index (χ2n) is 2.87. The molecule has 2 rings (SSSR count). The minimum absolute atomic E-state index is 0.109. The van der Waals surface area contributed by atoms with Crippen LogP contribution in [0.15, 0.2) is 11.6 Å². The number of rotatable bonds is 3. The largest absolute Gasteiger partial charge is 0.358 e. The van der Waals surface area contributed by atoms with Crippen molar-refractivity contribution in [3.05, 3.63) is 11.6 Å². The van der Waals surface area contributed by atoms with Crippen molar-refractivity contribution in [2.75, 3.05) is 14.2 Å². The van der Waals surface area contributed by atoms with Crippen LogP contribution in [0.2, 0.25) is 0 Å². The molecule has 66 valence electrons. The SMILES string of the molecule is COC1(OC)C=C(C=O)[C@H]2O[C@H]21. The first-order valence-electron chi connectivity index (χ1n) is 3.71. The molecule has 2 atom stereocenters. The van der Waals surface area contributed by atoms with E-state index in [4.69, 9.17) is 14.2 Å². The van der Waals surface area contributed by atoms with Crippen LogP contribution < -0.4 is 0 Å². The summed E-state index contributed by atoms with van der Waals surface area (Å²) in [6.07, 6.45) is 2.22. The van der Waals surface area contributed by atoms with Crippen LogP contribution in [0.1, 0.15) is 0 Å². The number of carbonyl (C=O) groups is 1. The lowest BCUT2D eigenvalue weighted by atomic mass is 10.2. The highest BCUT2D eigenvalue weighted by molar-refractivity contribution is 5.78. The van der Waals surface area contributed by atoms with E-state index in [0.717, 1.165) is 6.29 Å². The van der Waals surface area contributed by atoms with Crippen molar-refractivity contribution >= 4 is 6.29 Å². The Morgan fingerprint density at radius 1 is 1.58 bits per heavy atom. The van der Waals surface area contributed by atoms with Gasteiger partial charge in [-0.25, -0.2) is 0 Å². The average molecular weight is 170 g/mol. The van der Waals surface area contributed by atoms with Crippen molar-refractivity contribution in [3.8, 4) is 0 Å². The quantitative estimate of drug-likeness (QED) is 0.336. The molecule has 0 spiro atoms. The summed E-state index contributed by atoms with van der Waals surface area (Å²) < 4.78 is 15.5. The smallest absolute Gasteiger partial charge is 0.218 e. The van der Waals surface area contributed by atoms with Crippen molar-refractivity contribution in [1.82, 2.24) is 0 Å². The number of methoxy groups -OCH3 is 2. The number of epoxide rings is 1. The van der Waals surface area contributed by atoms with E-state index in [2.05, 4.69) is 0 Å². The summed E-state index contributed by atoms with van der Waals surface area (Å²) in [5, 5.41) is 0. The Bertz CT molecular complexity index is 241. The van der Waals surface area contributed by atoms with Gasteiger partial charge in [0.25, 0.3) is 0 Å². The van der Waals surface area contributed by atoms with Crippen LogP contribution in [-0.4, -0.2) is 38.5 Å². The summed E-state index contributed by atoms with van der Waals surface area (Å²) in [7, 11) is 3.07. The Labute approximate surface area is 70.1 Å². The summed E-state index contributed by atoms with van der Waals surface area (Å²) >= 11 is 0. The molecule has 0 N–H and O–H groups in total. The van der Waals surface area contributed by atoms with Crippen molar-refractivity contribution in [2.45, 2.75) is 18.0 Å². The van der Waals surface area contributed by atoms with Gasteiger partial charge in [0.2, 0.25) is 5.79 Å².